The van der Waals surface area contributed by atoms with Crippen LogP contribution in [0.1, 0.15) is 0 Å². The Morgan fingerprint density at radius 3 is 2.46 bits per heavy atom. The molecule has 2 N–H and O–H groups in total. The molecular weight excluding hydrogens is 196 g/mol. The van der Waals surface area contributed by atoms with Crippen LogP contribution in [0.5, 0.6) is 5.75 Å². The Balaban J connectivity index is 3.38. The van der Waals surface area contributed by atoms with Crippen molar-refractivity contribution >= 4 is 15.8 Å². The van der Waals surface area contributed by atoms with Crippen molar-refractivity contribution in [2.24, 2.45) is 5.11 Å². The first-order chi connectivity index (χ1) is 5.95. The minimum atomic E-state index is -4.33. The van der Waals surface area contributed by atoms with Gasteiger partial charge in [-0.2, -0.15) is 8.42 Å². The molecule has 0 aliphatic carbocycles. The van der Waals surface area contributed by atoms with Crippen molar-refractivity contribution in [3.05, 3.63) is 18.2 Å². The molecule has 69 valence electrons. The van der Waals surface area contributed by atoms with Crippen LogP contribution in [0, 0.1) is 0 Å². The van der Waals surface area contributed by atoms with Gasteiger partial charge in [0.25, 0.3) is 10.1 Å². The first-order valence-corrected chi connectivity index (χ1v) is 4.55. The minimum Gasteiger partial charge on any atom is -0.506 e. The van der Waals surface area contributed by atoms with Gasteiger partial charge >= 0.3 is 0 Å². The van der Waals surface area contributed by atoms with E-state index in [9.17, 15) is 8.42 Å². The van der Waals surface area contributed by atoms with Crippen LogP contribution in [0.4, 0.5) is 5.69 Å². The third-order valence-electron chi connectivity index (χ3n) is 1.35. The summed E-state index contributed by atoms with van der Waals surface area (Å²) in [5.74, 6) is -0.380. The maximum Gasteiger partial charge on any atom is 0.294 e. The molecular formula is C6H5N2O4S. The van der Waals surface area contributed by atoms with Gasteiger partial charge in [0.05, 0.1) is 4.90 Å². The first-order valence-electron chi connectivity index (χ1n) is 3.11. The van der Waals surface area contributed by atoms with Gasteiger partial charge in [-0.3, -0.25) is 4.55 Å². The van der Waals surface area contributed by atoms with Crippen molar-refractivity contribution < 1.29 is 18.1 Å². The van der Waals surface area contributed by atoms with Gasteiger partial charge in [0, 0.05) is 0 Å². The van der Waals surface area contributed by atoms with Gasteiger partial charge in [-0.25, -0.2) is 0 Å². The molecule has 0 saturated carbocycles. The number of rotatable bonds is 2. The van der Waals surface area contributed by atoms with E-state index in [0.717, 1.165) is 18.2 Å². The van der Waals surface area contributed by atoms with E-state index < -0.39 is 15.0 Å². The van der Waals surface area contributed by atoms with Crippen LogP contribution in [-0.4, -0.2) is 18.1 Å². The van der Waals surface area contributed by atoms with Gasteiger partial charge in [-0.05, 0) is 23.7 Å². The molecule has 0 unspecified atom stereocenters. The normalized spacial score (nSPS) is 11.2. The largest absolute Gasteiger partial charge is 0.506 e. The van der Waals surface area contributed by atoms with Crippen LogP contribution in [0.25, 0.3) is 0 Å². The lowest BCUT2D eigenvalue weighted by Gasteiger charge is -1.99. The monoisotopic (exact) mass is 201 g/mol. The van der Waals surface area contributed by atoms with E-state index >= 15 is 0 Å². The summed E-state index contributed by atoms with van der Waals surface area (Å²) in [6.45, 7) is 0. The number of phenols is 1. The molecule has 0 spiro atoms. The third kappa shape index (κ3) is 2.01. The van der Waals surface area contributed by atoms with E-state index in [0.29, 0.717) is 0 Å². The van der Waals surface area contributed by atoms with Crippen molar-refractivity contribution in [3.8, 4) is 5.75 Å². The molecule has 1 aromatic rings. The molecule has 0 saturated heterocycles. The molecule has 0 bridgehead atoms. The second-order valence-electron chi connectivity index (χ2n) is 2.23. The first kappa shape index (κ1) is 9.62. The average Bonchev–Trinajstić information content (AvgIpc) is 2.03. The number of aromatic hydroxyl groups is 1. The quantitative estimate of drug-likeness (QED) is 0.536. The molecule has 7 heteroatoms. The standard InChI is InChI=1S/C6H5N2O4S/c7-8-5-3-4(13(10,11)12)1-2-6(5)9/h1-3,9H,(H,10,11,12). The van der Waals surface area contributed by atoms with Crippen molar-refractivity contribution in [1.29, 1.82) is 0 Å². The minimum absolute atomic E-state index is 0.324. The average molecular weight is 201 g/mol. The van der Waals surface area contributed by atoms with Crippen LogP contribution in [0.2, 0.25) is 0 Å². The van der Waals surface area contributed by atoms with E-state index in [1.54, 1.807) is 0 Å². The van der Waals surface area contributed by atoms with Gasteiger partial charge in [0.15, 0.2) is 0 Å². The molecule has 0 amide bonds. The summed E-state index contributed by atoms with van der Waals surface area (Å²) in [6.07, 6.45) is 0. The number of hydrogen-bond acceptors (Lipinski definition) is 4. The fourth-order valence-electron chi connectivity index (χ4n) is 0.744. The molecule has 0 aliphatic rings. The maximum atomic E-state index is 10.6. The fraction of sp³-hybridized carbons (Fsp3) is 0. The summed E-state index contributed by atoms with van der Waals surface area (Å²) in [6, 6.07) is 2.82. The van der Waals surface area contributed by atoms with Crippen LogP contribution >= 0.6 is 0 Å². The molecule has 13 heavy (non-hydrogen) atoms. The molecule has 0 heterocycles. The molecule has 0 fully saturated rings. The summed E-state index contributed by atoms with van der Waals surface area (Å²) in [5, 5.41) is 11.6. The Kier molecular flexibility index (Phi) is 2.30. The summed E-state index contributed by atoms with van der Waals surface area (Å²) >= 11 is 0. The molecule has 0 aromatic heterocycles. The lowest BCUT2D eigenvalue weighted by Crippen LogP contribution is -1.96. The zero-order chi connectivity index (χ0) is 10.1. The number of nitrogens with zero attached hydrogens (tertiary/aromatic N) is 2. The summed E-state index contributed by atoms with van der Waals surface area (Å²) in [4.78, 5) is -0.446. The van der Waals surface area contributed by atoms with Crippen molar-refractivity contribution in [2.75, 3.05) is 0 Å². The molecule has 6 nitrogen and oxygen atoms in total. The zero-order valence-corrected chi connectivity index (χ0v) is 7.06. The molecule has 1 aromatic carbocycles. The molecule has 1 rings (SSSR count). The highest BCUT2D eigenvalue weighted by atomic mass is 32.2. The van der Waals surface area contributed by atoms with Crippen LogP contribution < -0.4 is 5.53 Å². The Bertz CT molecular complexity index is 440. The number of hydrogen-bond donors (Lipinski definition) is 2. The van der Waals surface area contributed by atoms with E-state index in [-0.39, 0.29) is 11.4 Å². The van der Waals surface area contributed by atoms with Gasteiger partial charge in [0.2, 0.25) is 0 Å². The van der Waals surface area contributed by atoms with Crippen molar-refractivity contribution in [1.82, 2.24) is 5.53 Å². The second kappa shape index (κ2) is 3.11. The highest BCUT2D eigenvalue weighted by molar-refractivity contribution is 7.85. The van der Waals surface area contributed by atoms with Gasteiger partial charge in [0.1, 0.15) is 11.4 Å². The van der Waals surface area contributed by atoms with E-state index in [1.807, 2.05) is 0 Å². The molecule has 1 radical (unpaired) electrons. The maximum absolute atomic E-state index is 10.6. The van der Waals surface area contributed by atoms with E-state index in [1.165, 1.54) is 0 Å². The molecule has 0 aliphatic heterocycles. The smallest absolute Gasteiger partial charge is 0.294 e. The number of phenolic OH excluding ortho intramolecular Hbond substituents is 1. The van der Waals surface area contributed by atoms with E-state index in [2.05, 4.69) is 5.11 Å². The van der Waals surface area contributed by atoms with Crippen molar-refractivity contribution in [2.45, 2.75) is 4.90 Å². The Morgan fingerprint density at radius 2 is 2.00 bits per heavy atom. The Labute approximate surface area is 74.1 Å². The number of benzene rings is 1. The molecule has 0 atom stereocenters. The summed E-state index contributed by atoms with van der Waals surface area (Å²) in [5.41, 5.74) is 7.97. The second-order valence-corrected chi connectivity index (χ2v) is 3.65. The lowest BCUT2D eigenvalue weighted by molar-refractivity contribution is 0.473. The topological polar surface area (TPSA) is 109 Å². The fourth-order valence-corrected chi connectivity index (χ4v) is 1.24. The van der Waals surface area contributed by atoms with Crippen molar-refractivity contribution in [3.63, 3.8) is 0 Å². The van der Waals surface area contributed by atoms with Gasteiger partial charge in [-0.1, -0.05) is 0 Å². The summed E-state index contributed by atoms with van der Waals surface area (Å²) in [7, 11) is -4.33. The van der Waals surface area contributed by atoms with E-state index in [4.69, 9.17) is 15.2 Å². The highest BCUT2D eigenvalue weighted by Crippen LogP contribution is 2.27. The van der Waals surface area contributed by atoms with Gasteiger partial charge in [-0.15, -0.1) is 5.11 Å². The van der Waals surface area contributed by atoms with Crippen LogP contribution in [0.15, 0.2) is 28.2 Å². The zero-order valence-electron chi connectivity index (χ0n) is 6.25. The third-order valence-corrected chi connectivity index (χ3v) is 2.20. The van der Waals surface area contributed by atoms with Crippen LogP contribution in [-0.2, 0) is 10.1 Å². The SMILES string of the molecule is [N]=Nc1cc(S(=O)(=O)O)ccc1O. The van der Waals surface area contributed by atoms with Gasteiger partial charge < -0.3 is 5.11 Å². The summed E-state index contributed by atoms with van der Waals surface area (Å²) < 4.78 is 29.7. The predicted octanol–water partition coefficient (Wildman–Crippen LogP) is 0.523. The predicted molar refractivity (Wildman–Crippen MR) is 42.1 cm³/mol. The Morgan fingerprint density at radius 1 is 1.38 bits per heavy atom. The lowest BCUT2D eigenvalue weighted by atomic mass is 10.3. The Hall–Kier alpha value is -1.47. The van der Waals surface area contributed by atoms with Crippen LogP contribution in [0.3, 0.4) is 0 Å². The highest BCUT2D eigenvalue weighted by Gasteiger charge is 2.11.